The molecule has 1 heterocycles. The van der Waals surface area contributed by atoms with Crippen LogP contribution in [0.1, 0.15) is 26.0 Å². The Morgan fingerprint density at radius 1 is 1.56 bits per heavy atom. The summed E-state index contributed by atoms with van der Waals surface area (Å²) in [6.07, 6.45) is 2.75. The van der Waals surface area contributed by atoms with E-state index in [1.807, 2.05) is 12.1 Å². The molecule has 1 aromatic heterocycles. The molecule has 0 aliphatic rings. The van der Waals surface area contributed by atoms with Crippen molar-refractivity contribution in [1.82, 2.24) is 4.98 Å². The number of hydrogen-bond donors (Lipinski definition) is 2. The van der Waals surface area contributed by atoms with E-state index < -0.39 is 0 Å². The Balaban J connectivity index is 2.96. The van der Waals surface area contributed by atoms with Crippen molar-refractivity contribution in [2.45, 2.75) is 20.3 Å². The van der Waals surface area contributed by atoms with Crippen LogP contribution in [0, 0.1) is 0 Å². The van der Waals surface area contributed by atoms with Crippen LogP contribution in [0.4, 0.5) is 5.69 Å². The monoisotopic (exact) mass is 222 g/mol. The Kier molecular flexibility index (Phi) is 4.57. The van der Waals surface area contributed by atoms with Crippen LogP contribution >= 0.6 is 0 Å². The molecule has 0 aliphatic carbocycles. The Morgan fingerprint density at radius 3 is 2.88 bits per heavy atom. The topological polar surface area (TPSA) is 74.7 Å². The summed E-state index contributed by atoms with van der Waals surface area (Å²) in [5.41, 5.74) is 7.04. The first-order valence-corrected chi connectivity index (χ1v) is 5.41. The third-order valence-electron chi connectivity index (χ3n) is 2.35. The maximum absolute atomic E-state index is 8.59. The van der Waals surface area contributed by atoms with Crippen LogP contribution in [-0.4, -0.2) is 29.1 Å². The van der Waals surface area contributed by atoms with Gasteiger partial charge in [-0.2, -0.15) is 0 Å². The summed E-state index contributed by atoms with van der Waals surface area (Å²) in [4.78, 5) is 6.26. The van der Waals surface area contributed by atoms with Gasteiger partial charge in [0.1, 0.15) is 5.69 Å². The zero-order valence-corrected chi connectivity index (χ0v) is 9.72. The number of nitrogens with zero attached hydrogens (tertiary/aromatic N) is 3. The first-order valence-electron chi connectivity index (χ1n) is 5.41. The molecule has 16 heavy (non-hydrogen) atoms. The molecular formula is C11H18N4O. The van der Waals surface area contributed by atoms with Crippen molar-refractivity contribution in [3.8, 4) is 0 Å². The van der Waals surface area contributed by atoms with Crippen molar-refractivity contribution in [3.05, 3.63) is 24.0 Å². The second-order valence-electron chi connectivity index (χ2n) is 3.46. The first-order chi connectivity index (χ1) is 7.72. The molecule has 1 aromatic rings. The zero-order valence-electron chi connectivity index (χ0n) is 9.72. The van der Waals surface area contributed by atoms with Crippen molar-refractivity contribution in [2.75, 3.05) is 18.0 Å². The highest BCUT2D eigenvalue weighted by molar-refractivity contribution is 5.95. The van der Waals surface area contributed by atoms with Gasteiger partial charge in [-0.25, -0.2) is 0 Å². The molecule has 0 amide bonds. The highest BCUT2D eigenvalue weighted by atomic mass is 16.4. The second-order valence-corrected chi connectivity index (χ2v) is 3.46. The smallest absolute Gasteiger partial charge is 0.188 e. The summed E-state index contributed by atoms with van der Waals surface area (Å²) in [6.45, 7) is 6.14. The third kappa shape index (κ3) is 2.85. The SMILES string of the molecule is CCCN(CC)c1ccnc(C(N)=NO)c1. The maximum Gasteiger partial charge on any atom is 0.188 e. The number of anilines is 1. The lowest BCUT2D eigenvalue weighted by Gasteiger charge is -2.22. The molecule has 0 fully saturated rings. The molecule has 5 heteroatoms. The fourth-order valence-electron chi connectivity index (χ4n) is 1.55. The molecule has 88 valence electrons. The molecule has 0 atom stereocenters. The van der Waals surface area contributed by atoms with Crippen molar-refractivity contribution in [1.29, 1.82) is 0 Å². The predicted octanol–water partition coefficient (Wildman–Crippen LogP) is 1.41. The van der Waals surface area contributed by atoms with Crippen LogP contribution in [0.25, 0.3) is 0 Å². The lowest BCUT2D eigenvalue weighted by Crippen LogP contribution is -2.24. The van der Waals surface area contributed by atoms with Gasteiger partial charge in [0.05, 0.1) is 0 Å². The molecule has 0 radical (unpaired) electrons. The molecule has 0 saturated carbocycles. The number of oxime groups is 1. The maximum atomic E-state index is 8.59. The number of rotatable bonds is 5. The molecular weight excluding hydrogens is 204 g/mol. The van der Waals surface area contributed by atoms with Crippen LogP contribution < -0.4 is 10.6 Å². The minimum absolute atomic E-state index is 0.0365. The Bertz CT molecular complexity index is 365. The van der Waals surface area contributed by atoms with Gasteiger partial charge in [0.15, 0.2) is 5.84 Å². The normalized spacial score (nSPS) is 11.5. The van der Waals surface area contributed by atoms with E-state index in [1.54, 1.807) is 6.20 Å². The van der Waals surface area contributed by atoms with E-state index in [0.29, 0.717) is 5.69 Å². The van der Waals surface area contributed by atoms with E-state index >= 15 is 0 Å². The van der Waals surface area contributed by atoms with Crippen LogP contribution in [0.3, 0.4) is 0 Å². The molecule has 0 aromatic carbocycles. The number of hydrogen-bond acceptors (Lipinski definition) is 4. The average molecular weight is 222 g/mol. The zero-order chi connectivity index (χ0) is 12.0. The molecule has 5 nitrogen and oxygen atoms in total. The van der Waals surface area contributed by atoms with E-state index in [1.165, 1.54) is 0 Å². The predicted molar refractivity (Wildman–Crippen MR) is 64.9 cm³/mol. The fraction of sp³-hybridized carbons (Fsp3) is 0.455. The summed E-state index contributed by atoms with van der Waals surface area (Å²) in [5.74, 6) is 0.0365. The van der Waals surface area contributed by atoms with E-state index in [9.17, 15) is 0 Å². The van der Waals surface area contributed by atoms with Crippen molar-refractivity contribution in [2.24, 2.45) is 10.9 Å². The van der Waals surface area contributed by atoms with E-state index in [0.717, 1.165) is 25.2 Å². The Morgan fingerprint density at radius 2 is 2.31 bits per heavy atom. The Labute approximate surface area is 95.6 Å². The Hall–Kier alpha value is -1.78. The van der Waals surface area contributed by atoms with Crippen molar-refractivity contribution < 1.29 is 5.21 Å². The second kappa shape index (κ2) is 5.95. The lowest BCUT2D eigenvalue weighted by atomic mass is 10.2. The van der Waals surface area contributed by atoms with Crippen LogP contribution in [0.5, 0.6) is 0 Å². The van der Waals surface area contributed by atoms with E-state index in [-0.39, 0.29) is 5.84 Å². The number of pyridine rings is 1. The molecule has 0 unspecified atom stereocenters. The third-order valence-corrected chi connectivity index (χ3v) is 2.35. The molecule has 0 bridgehead atoms. The van der Waals surface area contributed by atoms with Crippen LogP contribution in [-0.2, 0) is 0 Å². The summed E-state index contributed by atoms with van der Waals surface area (Å²) < 4.78 is 0. The van der Waals surface area contributed by atoms with Gasteiger partial charge in [0, 0.05) is 25.0 Å². The minimum Gasteiger partial charge on any atom is -0.409 e. The quantitative estimate of drug-likeness (QED) is 0.342. The van der Waals surface area contributed by atoms with Gasteiger partial charge in [-0.3, -0.25) is 4.98 Å². The van der Waals surface area contributed by atoms with Gasteiger partial charge in [0.2, 0.25) is 0 Å². The summed E-state index contributed by atoms with van der Waals surface area (Å²) in [7, 11) is 0. The first kappa shape index (κ1) is 12.3. The van der Waals surface area contributed by atoms with Crippen molar-refractivity contribution in [3.63, 3.8) is 0 Å². The number of aromatic nitrogens is 1. The van der Waals surface area contributed by atoms with Gasteiger partial charge in [-0.1, -0.05) is 12.1 Å². The molecule has 0 aliphatic heterocycles. The summed E-state index contributed by atoms with van der Waals surface area (Å²) >= 11 is 0. The van der Waals surface area contributed by atoms with Crippen LogP contribution in [0.15, 0.2) is 23.5 Å². The van der Waals surface area contributed by atoms with E-state index in [4.69, 9.17) is 10.9 Å². The van der Waals surface area contributed by atoms with Gasteiger partial charge in [-0.05, 0) is 25.5 Å². The highest BCUT2D eigenvalue weighted by Gasteiger charge is 2.06. The fourth-order valence-corrected chi connectivity index (χ4v) is 1.55. The largest absolute Gasteiger partial charge is 0.409 e. The number of amidine groups is 1. The molecule has 3 N–H and O–H groups in total. The van der Waals surface area contributed by atoms with Gasteiger partial charge >= 0.3 is 0 Å². The lowest BCUT2D eigenvalue weighted by molar-refractivity contribution is 0.318. The molecule has 0 spiro atoms. The molecule has 0 saturated heterocycles. The highest BCUT2D eigenvalue weighted by Crippen LogP contribution is 2.14. The van der Waals surface area contributed by atoms with Gasteiger partial charge < -0.3 is 15.8 Å². The standard InChI is InChI=1S/C11H18N4O/c1-3-7-15(4-2)9-5-6-13-10(8-9)11(12)14-16/h5-6,8,16H,3-4,7H2,1-2H3,(H2,12,14). The van der Waals surface area contributed by atoms with Gasteiger partial charge in [0.25, 0.3) is 0 Å². The number of nitrogens with two attached hydrogens (primary N) is 1. The van der Waals surface area contributed by atoms with Crippen LogP contribution in [0.2, 0.25) is 0 Å². The van der Waals surface area contributed by atoms with E-state index in [2.05, 4.69) is 28.9 Å². The average Bonchev–Trinajstić information content (AvgIpc) is 2.35. The minimum atomic E-state index is 0.0365. The summed E-state index contributed by atoms with van der Waals surface area (Å²) in [6, 6.07) is 3.75. The van der Waals surface area contributed by atoms with Crippen molar-refractivity contribution >= 4 is 11.5 Å². The molecule has 1 rings (SSSR count). The summed E-state index contributed by atoms with van der Waals surface area (Å²) in [5, 5.41) is 11.5. The van der Waals surface area contributed by atoms with Gasteiger partial charge in [-0.15, -0.1) is 0 Å².